The molecule has 7 heteroatoms. The average Bonchev–Trinajstić information content (AvgIpc) is 3.07. The van der Waals surface area contributed by atoms with Crippen molar-refractivity contribution in [3.8, 4) is 5.75 Å². The lowest BCUT2D eigenvalue weighted by atomic mass is 10.0. The van der Waals surface area contributed by atoms with Gasteiger partial charge in [-0.15, -0.1) is 5.10 Å². The maximum atomic E-state index is 5.31. The summed E-state index contributed by atoms with van der Waals surface area (Å²) in [5.41, 5.74) is 1.02. The second-order valence-corrected chi connectivity index (χ2v) is 7.63. The normalized spacial score (nSPS) is 18.3. The summed E-state index contributed by atoms with van der Waals surface area (Å²) >= 11 is 0. The third-order valence-electron chi connectivity index (χ3n) is 4.71. The van der Waals surface area contributed by atoms with E-state index in [4.69, 9.17) is 4.74 Å². The molecule has 0 N–H and O–H groups in total. The molecule has 1 atom stereocenters. The smallest absolute Gasteiger partial charge is 0.173 e. The van der Waals surface area contributed by atoms with Gasteiger partial charge in [-0.1, -0.05) is 12.1 Å². The summed E-state index contributed by atoms with van der Waals surface area (Å²) < 4.78 is 7.26. The molecule has 2 heterocycles. The summed E-state index contributed by atoms with van der Waals surface area (Å²) in [7, 11) is 3.85. The van der Waals surface area contributed by atoms with Crippen molar-refractivity contribution >= 4 is 0 Å². The summed E-state index contributed by atoms with van der Waals surface area (Å²) in [5, 5.41) is 12.7. The minimum absolute atomic E-state index is 0.0360. The van der Waals surface area contributed by atoms with Crippen LogP contribution in [0.2, 0.25) is 0 Å². The van der Waals surface area contributed by atoms with Crippen molar-refractivity contribution in [3.63, 3.8) is 0 Å². The van der Waals surface area contributed by atoms with E-state index in [0.29, 0.717) is 0 Å². The number of hydrogen-bond acceptors (Lipinski definition) is 6. The van der Waals surface area contributed by atoms with Crippen LogP contribution in [0.3, 0.4) is 0 Å². The average molecular weight is 344 g/mol. The number of rotatable bonds is 4. The Morgan fingerprint density at radius 3 is 2.24 bits per heavy atom. The lowest BCUT2D eigenvalue weighted by Gasteiger charge is -2.38. The molecule has 0 unspecified atom stereocenters. The van der Waals surface area contributed by atoms with Gasteiger partial charge in [-0.05, 0) is 55.9 Å². The number of benzene rings is 1. The van der Waals surface area contributed by atoms with Crippen LogP contribution in [0.1, 0.15) is 38.2 Å². The van der Waals surface area contributed by atoms with E-state index in [1.807, 2.05) is 16.8 Å². The fourth-order valence-corrected chi connectivity index (χ4v) is 3.23. The molecule has 0 radical (unpaired) electrons. The molecular formula is C18H28N6O. The van der Waals surface area contributed by atoms with Crippen molar-refractivity contribution in [2.24, 2.45) is 0 Å². The minimum atomic E-state index is -0.171. The SMILES string of the molecule is COc1ccc([C@H](c2nnnn2C(C)(C)C)N2CCN(C)CC2)cc1. The van der Waals surface area contributed by atoms with Gasteiger partial charge in [0.05, 0.1) is 18.7 Å². The maximum absolute atomic E-state index is 5.31. The van der Waals surface area contributed by atoms with Gasteiger partial charge in [0.2, 0.25) is 0 Å². The molecule has 7 nitrogen and oxygen atoms in total. The number of methoxy groups -OCH3 is 1. The Balaban J connectivity index is 2.01. The predicted octanol–water partition coefficient (Wildman–Crippen LogP) is 1.77. The molecule has 0 amide bonds. The van der Waals surface area contributed by atoms with Crippen LogP contribution in [-0.2, 0) is 5.54 Å². The van der Waals surface area contributed by atoms with E-state index in [2.05, 4.69) is 65.3 Å². The number of ether oxygens (including phenoxy) is 1. The van der Waals surface area contributed by atoms with Crippen molar-refractivity contribution in [1.82, 2.24) is 30.0 Å². The van der Waals surface area contributed by atoms with E-state index >= 15 is 0 Å². The molecule has 25 heavy (non-hydrogen) atoms. The van der Waals surface area contributed by atoms with Gasteiger partial charge in [0, 0.05) is 26.2 Å². The van der Waals surface area contributed by atoms with Crippen LogP contribution >= 0.6 is 0 Å². The molecule has 3 rings (SSSR count). The number of aromatic nitrogens is 4. The van der Waals surface area contributed by atoms with Crippen LogP contribution in [0.4, 0.5) is 0 Å². The van der Waals surface area contributed by atoms with Crippen molar-refractivity contribution < 1.29 is 4.74 Å². The lowest BCUT2D eigenvalue weighted by Crippen LogP contribution is -2.47. The Morgan fingerprint density at radius 1 is 1.04 bits per heavy atom. The number of piperazine rings is 1. The van der Waals surface area contributed by atoms with Gasteiger partial charge in [0.25, 0.3) is 0 Å². The summed E-state index contributed by atoms with van der Waals surface area (Å²) in [4.78, 5) is 4.82. The highest BCUT2D eigenvalue weighted by Gasteiger charge is 2.32. The topological polar surface area (TPSA) is 59.3 Å². The second kappa shape index (κ2) is 7.09. The van der Waals surface area contributed by atoms with Crippen LogP contribution in [0, 0.1) is 0 Å². The standard InChI is InChI=1S/C18H28N6O/c1-18(2,3)24-17(19-20-21-24)16(23-12-10-22(4)11-13-23)14-6-8-15(25-5)9-7-14/h6-9,16H,10-13H2,1-5H3/t16-/m1/s1. The molecule has 136 valence electrons. The molecule has 0 aliphatic carbocycles. The predicted molar refractivity (Wildman–Crippen MR) is 96.7 cm³/mol. The summed E-state index contributed by atoms with van der Waals surface area (Å²) in [6.07, 6.45) is 0. The second-order valence-electron chi connectivity index (χ2n) is 7.63. The highest BCUT2D eigenvalue weighted by atomic mass is 16.5. The molecule has 1 aromatic carbocycles. The Morgan fingerprint density at radius 2 is 1.68 bits per heavy atom. The first-order chi connectivity index (χ1) is 11.9. The van der Waals surface area contributed by atoms with Gasteiger partial charge in [0.1, 0.15) is 5.75 Å². The monoisotopic (exact) mass is 344 g/mol. The molecular weight excluding hydrogens is 316 g/mol. The molecule has 0 saturated carbocycles. The molecule has 0 bridgehead atoms. The van der Waals surface area contributed by atoms with Gasteiger partial charge < -0.3 is 9.64 Å². The molecule has 1 aliphatic rings. The fourth-order valence-electron chi connectivity index (χ4n) is 3.23. The number of tetrazole rings is 1. The van der Waals surface area contributed by atoms with Gasteiger partial charge in [0.15, 0.2) is 5.82 Å². The van der Waals surface area contributed by atoms with Gasteiger partial charge in [-0.25, -0.2) is 4.68 Å². The quantitative estimate of drug-likeness (QED) is 0.842. The highest BCUT2D eigenvalue weighted by Crippen LogP contribution is 2.31. The number of hydrogen-bond donors (Lipinski definition) is 0. The molecule has 0 spiro atoms. The van der Waals surface area contributed by atoms with Crippen LogP contribution in [0.25, 0.3) is 0 Å². The van der Waals surface area contributed by atoms with Crippen LogP contribution in [0.15, 0.2) is 24.3 Å². The zero-order valence-corrected chi connectivity index (χ0v) is 15.8. The molecule has 1 fully saturated rings. The van der Waals surface area contributed by atoms with Crippen molar-refractivity contribution in [3.05, 3.63) is 35.7 Å². The summed E-state index contributed by atoms with van der Waals surface area (Å²) in [5.74, 6) is 1.75. The third kappa shape index (κ3) is 3.82. The van der Waals surface area contributed by atoms with Crippen LogP contribution in [0.5, 0.6) is 5.75 Å². The fraction of sp³-hybridized carbons (Fsp3) is 0.611. The Kier molecular flexibility index (Phi) is 5.06. The first-order valence-electron chi connectivity index (χ1n) is 8.75. The zero-order chi connectivity index (χ0) is 18.0. The van der Waals surface area contributed by atoms with E-state index in [1.165, 1.54) is 5.56 Å². The van der Waals surface area contributed by atoms with E-state index in [-0.39, 0.29) is 11.6 Å². The van der Waals surface area contributed by atoms with Crippen molar-refractivity contribution in [1.29, 1.82) is 0 Å². The molecule has 1 aliphatic heterocycles. The number of nitrogens with zero attached hydrogens (tertiary/aromatic N) is 6. The van der Waals surface area contributed by atoms with Crippen LogP contribution in [-0.4, -0.2) is 70.3 Å². The van der Waals surface area contributed by atoms with Crippen molar-refractivity contribution in [2.75, 3.05) is 40.3 Å². The molecule has 2 aromatic rings. The highest BCUT2D eigenvalue weighted by molar-refractivity contribution is 5.32. The molecule has 1 aromatic heterocycles. The first-order valence-corrected chi connectivity index (χ1v) is 8.75. The van der Waals surface area contributed by atoms with Gasteiger partial charge in [-0.2, -0.15) is 0 Å². The zero-order valence-electron chi connectivity index (χ0n) is 15.8. The maximum Gasteiger partial charge on any atom is 0.173 e. The van der Waals surface area contributed by atoms with E-state index in [1.54, 1.807) is 7.11 Å². The van der Waals surface area contributed by atoms with E-state index in [0.717, 1.165) is 37.8 Å². The Labute approximate surface area is 149 Å². The van der Waals surface area contributed by atoms with Crippen molar-refractivity contribution in [2.45, 2.75) is 32.4 Å². The summed E-state index contributed by atoms with van der Waals surface area (Å²) in [6.45, 7) is 10.5. The lowest BCUT2D eigenvalue weighted by molar-refractivity contribution is 0.118. The first kappa shape index (κ1) is 17.8. The summed E-state index contributed by atoms with van der Waals surface area (Å²) in [6, 6.07) is 8.27. The number of likely N-dealkylation sites (N-methyl/N-ethyl adjacent to an activating group) is 1. The largest absolute Gasteiger partial charge is 0.497 e. The van der Waals surface area contributed by atoms with Gasteiger partial charge in [-0.3, -0.25) is 4.90 Å². The van der Waals surface area contributed by atoms with E-state index in [9.17, 15) is 0 Å². The van der Waals surface area contributed by atoms with E-state index < -0.39 is 0 Å². The Hall–Kier alpha value is -1.99. The van der Waals surface area contributed by atoms with Crippen LogP contribution < -0.4 is 4.74 Å². The third-order valence-corrected chi connectivity index (χ3v) is 4.71. The minimum Gasteiger partial charge on any atom is -0.497 e. The van der Waals surface area contributed by atoms with Gasteiger partial charge >= 0.3 is 0 Å². The Bertz CT molecular complexity index is 682. The molecule has 1 saturated heterocycles.